The molecule has 4 heteroatoms. The van der Waals surface area contributed by atoms with E-state index in [4.69, 9.17) is 10.2 Å². The lowest BCUT2D eigenvalue weighted by molar-refractivity contribution is 0.528. The fourth-order valence-electron chi connectivity index (χ4n) is 1.32. The molecule has 0 aromatic carbocycles. The van der Waals surface area contributed by atoms with Crippen LogP contribution in [0.3, 0.4) is 0 Å². The molecule has 0 aliphatic rings. The molecule has 0 fully saturated rings. The average molecular weight is 208 g/mol. The predicted octanol–water partition coefficient (Wildman–Crippen LogP) is 2.29. The molecular formula is C10H12N2OS. The Bertz CT molecular complexity index is 394. The molecule has 74 valence electrons. The minimum Gasteiger partial charge on any atom is -0.469 e. The van der Waals surface area contributed by atoms with Gasteiger partial charge in [0.05, 0.1) is 11.3 Å². The number of aromatic nitrogens is 1. The summed E-state index contributed by atoms with van der Waals surface area (Å²) in [5, 5.41) is 3.03. The highest BCUT2D eigenvalue weighted by molar-refractivity contribution is 7.09. The van der Waals surface area contributed by atoms with E-state index < -0.39 is 0 Å². The van der Waals surface area contributed by atoms with E-state index in [1.807, 2.05) is 18.4 Å². The first kappa shape index (κ1) is 9.43. The number of thiazole rings is 1. The zero-order valence-corrected chi connectivity index (χ0v) is 8.75. The van der Waals surface area contributed by atoms with Crippen LogP contribution in [0.2, 0.25) is 0 Å². The highest BCUT2D eigenvalue weighted by Gasteiger charge is 2.10. The van der Waals surface area contributed by atoms with Crippen molar-refractivity contribution in [3.8, 4) is 0 Å². The van der Waals surface area contributed by atoms with Gasteiger partial charge in [0.1, 0.15) is 5.76 Å². The van der Waals surface area contributed by atoms with Crippen LogP contribution < -0.4 is 5.73 Å². The highest BCUT2D eigenvalue weighted by Crippen LogP contribution is 2.19. The number of furan rings is 1. The Morgan fingerprint density at radius 3 is 3.07 bits per heavy atom. The Balaban J connectivity index is 2.06. The summed E-state index contributed by atoms with van der Waals surface area (Å²) in [4.78, 5) is 4.20. The van der Waals surface area contributed by atoms with Crippen LogP contribution >= 0.6 is 11.3 Å². The van der Waals surface area contributed by atoms with Crippen LogP contribution in [0.1, 0.15) is 22.4 Å². The van der Waals surface area contributed by atoms with Gasteiger partial charge in [-0.25, -0.2) is 4.98 Å². The lowest BCUT2D eigenvalue weighted by atomic mass is 10.1. The first-order chi connectivity index (χ1) is 6.75. The zero-order valence-electron chi connectivity index (χ0n) is 7.93. The topological polar surface area (TPSA) is 52.0 Å². The lowest BCUT2D eigenvalue weighted by Crippen LogP contribution is -2.12. The maximum absolute atomic E-state index is 6.01. The fraction of sp³-hybridized carbons (Fsp3) is 0.300. The summed E-state index contributed by atoms with van der Waals surface area (Å²) >= 11 is 1.63. The van der Waals surface area contributed by atoms with Gasteiger partial charge in [-0.2, -0.15) is 0 Å². The molecule has 1 atom stereocenters. The molecule has 0 saturated carbocycles. The lowest BCUT2D eigenvalue weighted by Gasteiger charge is -2.05. The van der Waals surface area contributed by atoms with Gasteiger partial charge in [0.2, 0.25) is 0 Å². The Morgan fingerprint density at radius 2 is 2.50 bits per heavy atom. The van der Waals surface area contributed by atoms with E-state index in [1.54, 1.807) is 23.8 Å². The molecule has 0 spiro atoms. The van der Waals surface area contributed by atoms with Crippen LogP contribution in [-0.4, -0.2) is 4.98 Å². The molecule has 1 unspecified atom stereocenters. The van der Waals surface area contributed by atoms with Gasteiger partial charge in [-0.15, -0.1) is 11.3 Å². The second-order valence-electron chi connectivity index (χ2n) is 3.23. The van der Waals surface area contributed by atoms with Gasteiger partial charge in [0, 0.05) is 29.6 Å². The van der Waals surface area contributed by atoms with Crippen LogP contribution in [0.15, 0.2) is 28.3 Å². The van der Waals surface area contributed by atoms with E-state index in [0.717, 1.165) is 22.8 Å². The molecule has 0 aliphatic heterocycles. The molecule has 0 bridgehead atoms. The molecule has 14 heavy (non-hydrogen) atoms. The van der Waals surface area contributed by atoms with Crippen LogP contribution in [0, 0.1) is 6.92 Å². The Kier molecular flexibility index (Phi) is 2.65. The number of hydrogen-bond donors (Lipinski definition) is 1. The molecule has 2 aromatic rings. The summed E-state index contributed by atoms with van der Waals surface area (Å²) in [6.45, 7) is 1.92. The third kappa shape index (κ3) is 2.02. The maximum atomic E-state index is 6.01. The second-order valence-corrected chi connectivity index (χ2v) is 4.21. The minimum atomic E-state index is -0.0152. The summed E-state index contributed by atoms with van der Waals surface area (Å²) < 4.78 is 5.21. The molecule has 2 aromatic heterocycles. The molecular weight excluding hydrogens is 196 g/mol. The van der Waals surface area contributed by atoms with Gasteiger partial charge in [0.25, 0.3) is 0 Å². The number of aryl methyl sites for hydroxylation is 1. The highest BCUT2D eigenvalue weighted by atomic mass is 32.1. The molecule has 3 nitrogen and oxygen atoms in total. The number of nitrogens with zero attached hydrogens (tertiary/aromatic N) is 1. The van der Waals surface area contributed by atoms with E-state index >= 15 is 0 Å². The van der Waals surface area contributed by atoms with Gasteiger partial charge in [-0.05, 0) is 13.0 Å². The molecule has 2 N–H and O–H groups in total. The van der Waals surface area contributed by atoms with Crippen molar-refractivity contribution in [2.24, 2.45) is 5.73 Å². The monoisotopic (exact) mass is 208 g/mol. The predicted molar refractivity (Wildman–Crippen MR) is 56.2 cm³/mol. The standard InChI is InChI=1S/C10H12N2OS/c1-7-4-8(6-13-7)9(11)5-10-12-2-3-14-10/h2-4,6,9H,5,11H2,1H3. The summed E-state index contributed by atoms with van der Waals surface area (Å²) in [6.07, 6.45) is 4.29. The Hall–Kier alpha value is -1.13. The van der Waals surface area contributed by atoms with Crippen LogP contribution in [0.4, 0.5) is 0 Å². The normalized spacial score (nSPS) is 13.0. The third-order valence-electron chi connectivity index (χ3n) is 2.06. The smallest absolute Gasteiger partial charge is 0.101 e. The largest absolute Gasteiger partial charge is 0.469 e. The molecule has 2 heterocycles. The molecule has 0 aliphatic carbocycles. The molecule has 0 saturated heterocycles. The van der Waals surface area contributed by atoms with E-state index in [0.29, 0.717) is 0 Å². The quantitative estimate of drug-likeness (QED) is 0.842. The van der Waals surface area contributed by atoms with Crippen molar-refractivity contribution in [2.45, 2.75) is 19.4 Å². The van der Waals surface area contributed by atoms with Crippen LogP contribution in [0.5, 0.6) is 0 Å². The first-order valence-corrected chi connectivity index (χ1v) is 5.32. The van der Waals surface area contributed by atoms with Crippen molar-refractivity contribution >= 4 is 11.3 Å². The summed E-state index contributed by atoms with van der Waals surface area (Å²) in [5.74, 6) is 0.898. The molecule has 0 radical (unpaired) electrons. The molecule has 0 amide bonds. The minimum absolute atomic E-state index is 0.0152. The zero-order chi connectivity index (χ0) is 9.97. The number of nitrogens with two attached hydrogens (primary N) is 1. The number of hydrogen-bond acceptors (Lipinski definition) is 4. The number of rotatable bonds is 3. The maximum Gasteiger partial charge on any atom is 0.101 e. The van der Waals surface area contributed by atoms with Crippen LogP contribution in [0.25, 0.3) is 0 Å². The van der Waals surface area contributed by atoms with Crippen molar-refractivity contribution in [3.05, 3.63) is 40.2 Å². The van der Waals surface area contributed by atoms with Crippen molar-refractivity contribution in [1.29, 1.82) is 0 Å². The SMILES string of the molecule is Cc1cc(C(N)Cc2nccs2)co1. The second kappa shape index (κ2) is 3.94. The van der Waals surface area contributed by atoms with E-state index in [1.165, 1.54) is 0 Å². The van der Waals surface area contributed by atoms with Gasteiger partial charge in [0.15, 0.2) is 0 Å². The van der Waals surface area contributed by atoms with Gasteiger partial charge in [-0.1, -0.05) is 0 Å². The van der Waals surface area contributed by atoms with Gasteiger partial charge < -0.3 is 10.2 Å². The van der Waals surface area contributed by atoms with E-state index in [2.05, 4.69) is 4.98 Å². The third-order valence-corrected chi connectivity index (χ3v) is 2.86. The van der Waals surface area contributed by atoms with Crippen molar-refractivity contribution in [3.63, 3.8) is 0 Å². The molecule has 2 rings (SSSR count). The van der Waals surface area contributed by atoms with Crippen LogP contribution in [-0.2, 0) is 6.42 Å². The van der Waals surface area contributed by atoms with E-state index in [9.17, 15) is 0 Å². The summed E-state index contributed by atoms with van der Waals surface area (Å²) in [5.41, 5.74) is 7.05. The van der Waals surface area contributed by atoms with Crippen molar-refractivity contribution in [1.82, 2.24) is 4.98 Å². The fourth-order valence-corrected chi connectivity index (χ4v) is 1.99. The van der Waals surface area contributed by atoms with Crippen molar-refractivity contribution < 1.29 is 4.42 Å². The van der Waals surface area contributed by atoms with Gasteiger partial charge >= 0.3 is 0 Å². The summed E-state index contributed by atoms with van der Waals surface area (Å²) in [6, 6.07) is 1.96. The average Bonchev–Trinajstić information content (AvgIpc) is 2.75. The van der Waals surface area contributed by atoms with Gasteiger partial charge in [-0.3, -0.25) is 0 Å². The Labute approximate surface area is 86.6 Å². The van der Waals surface area contributed by atoms with Crippen molar-refractivity contribution in [2.75, 3.05) is 0 Å². The summed E-state index contributed by atoms with van der Waals surface area (Å²) in [7, 11) is 0. The first-order valence-electron chi connectivity index (χ1n) is 4.44. The van der Waals surface area contributed by atoms with E-state index in [-0.39, 0.29) is 6.04 Å². The Morgan fingerprint density at radius 1 is 1.64 bits per heavy atom.